The molecule has 0 atom stereocenters. The molecule has 4 saturated carbocycles. The zero-order valence-electron chi connectivity index (χ0n) is 12.4. The fraction of sp³-hybridized carbons (Fsp3) is 0. The zero-order valence-corrected chi connectivity index (χ0v) is 15.7. The van der Waals surface area contributed by atoms with Crippen LogP contribution in [0.1, 0.15) is 0 Å². The average molecular weight is 396 g/mol. The molecule has 0 nitrogen and oxygen atoms in total. The Kier molecular flexibility index (Phi) is 8.29. The summed E-state index contributed by atoms with van der Waals surface area (Å²) < 4.78 is 0. The van der Waals surface area contributed by atoms with E-state index in [1.165, 1.54) is 22.2 Å². The maximum atomic E-state index is 2.29. The van der Waals surface area contributed by atoms with Gasteiger partial charge < -0.3 is 0 Å². The predicted octanol–water partition coefficient (Wildman–Crippen LogP) is 3.21. The van der Waals surface area contributed by atoms with Crippen LogP contribution in [0.5, 0.6) is 0 Å². The van der Waals surface area contributed by atoms with E-state index in [1.807, 2.05) is 0 Å². The van der Waals surface area contributed by atoms with Crippen LogP contribution in [0.3, 0.4) is 0 Å². The molecule has 112 valence electrons. The van der Waals surface area contributed by atoms with Crippen molar-refractivity contribution in [2.75, 3.05) is 0 Å². The van der Waals surface area contributed by atoms with E-state index in [-0.39, 0.29) is 34.1 Å². The van der Waals surface area contributed by atoms with Crippen molar-refractivity contribution in [3.8, 4) is 0 Å². The van der Waals surface area contributed by atoms with E-state index < -0.39 is 8.07 Å². The molecule has 0 aromatic heterocycles. The predicted molar refractivity (Wildman–Crippen MR) is 87.5 cm³/mol. The van der Waals surface area contributed by atoms with Gasteiger partial charge in [-0.15, -0.1) is 0 Å². The first-order valence-corrected chi connectivity index (χ1v) is 9.31. The van der Waals surface area contributed by atoms with Crippen molar-refractivity contribution in [2.45, 2.75) is 0 Å². The van der Waals surface area contributed by atoms with Crippen molar-refractivity contribution in [3.63, 3.8) is 0 Å². The molecule has 4 aliphatic rings. The monoisotopic (exact) mass is 396 g/mol. The summed E-state index contributed by atoms with van der Waals surface area (Å²) in [4.78, 5) is 0. The molecule has 4 aliphatic carbocycles. The molecule has 0 bridgehead atoms. The molecule has 0 aromatic rings. The van der Waals surface area contributed by atoms with E-state index in [0.29, 0.717) is 0 Å². The Labute approximate surface area is 166 Å². The molecule has 4 fully saturated rings. The van der Waals surface area contributed by atoms with Gasteiger partial charge in [0.15, 0.2) is 0 Å². The van der Waals surface area contributed by atoms with E-state index >= 15 is 0 Å². The zero-order chi connectivity index (χ0) is 14.1. The summed E-state index contributed by atoms with van der Waals surface area (Å²) in [6.07, 6.45) is 35.6. The third-order valence-corrected chi connectivity index (χ3v) is 9.18. The fourth-order valence-corrected chi connectivity index (χ4v) is 8.27. The van der Waals surface area contributed by atoms with E-state index in [1.54, 1.807) is 0 Å². The van der Waals surface area contributed by atoms with Crippen LogP contribution in [0, 0.1) is 125 Å². The van der Waals surface area contributed by atoms with E-state index in [9.17, 15) is 0 Å². The molecule has 20 radical (unpaired) electrons. The van der Waals surface area contributed by atoms with Gasteiger partial charge in [-0.25, -0.2) is 0 Å². The van der Waals surface area contributed by atoms with Crippen LogP contribution in [-0.4, -0.2) is 8.07 Å². The first-order chi connectivity index (χ1) is 10.4. The number of hydrogen-bond acceptors (Lipinski definition) is 0. The van der Waals surface area contributed by atoms with Crippen LogP contribution < -0.4 is 0 Å². The summed E-state index contributed by atoms with van der Waals surface area (Å²) in [5, 5.41) is 0. The third-order valence-electron chi connectivity index (χ3n) is 4.38. The minimum absolute atomic E-state index is 0. The SMILES string of the molecule is [CH]1[CH][CH][C]([Si]([C]2[CH][CH][CH][CH]2)([C]2[CH][CH][CH][CH]2)[C]2[CH][CH][CH][CH]2)[CH]1.[Fe+2].[Fe+2]. The Morgan fingerprint density at radius 3 is 0.696 bits per heavy atom. The molecule has 0 aliphatic heterocycles. The van der Waals surface area contributed by atoms with Gasteiger partial charge in [0, 0.05) is 0 Å². The molecule has 23 heavy (non-hydrogen) atoms. The quantitative estimate of drug-likeness (QED) is 0.641. The van der Waals surface area contributed by atoms with Gasteiger partial charge in [-0.1, -0.05) is 0 Å². The normalized spacial score (nSPS) is 28.2. The van der Waals surface area contributed by atoms with Crippen molar-refractivity contribution in [1.82, 2.24) is 0 Å². The Morgan fingerprint density at radius 1 is 0.348 bits per heavy atom. The van der Waals surface area contributed by atoms with Gasteiger partial charge in [0.05, 0.1) is 8.07 Å². The van der Waals surface area contributed by atoms with E-state index in [4.69, 9.17) is 0 Å². The van der Waals surface area contributed by atoms with Crippen molar-refractivity contribution in [2.24, 2.45) is 0 Å². The van der Waals surface area contributed by atoms with Crippen molar-refractivity contribution in [1.29, 1.82) is 0 Å². The van der Waals surface area contributed by atoms with Crippen LogP contribution in [0.15, 0.2) is 0 Å². The van der Waals surface area contributed by atoms with Gasteiger partial charge in [-0.3, -0.25) is 0 Å². The summed E-state index contributed by atoms with van der Waals surface area (Å²) in [7, 11) is -2.09. The minimum Gasteiger partial charge on any atom is -0.0312 e. The molecule has 0 heterocycles. The Balaban J connectivity index is 0.000000960. The van der Waals surface area contributed by atoms with Gasteiger partial charge in [0.2, 0.25) is 0 Å². The van der Waals surface area contributed by atoms with Gasteiger partial charge >= 0.3 is 34.1 Å². The Bertz CT molecular complexity index is 266. The van der Waals surface area contributed by atoms with Crippen molar-refractivity contribution < 1.29 is 34.1 Å². The topological polar surface area (TPSA) is 0 Å². The first-order valence-electron chi connectivity index (χ1n) is 7.31. The maximum absolute atomic E-state index is 2.29. The molecular weight excluding hydrogens is 380 g/mol. The smallest absolute Gasteiger partial charge is 0.0312 e. The van der Waals surface area contributed by atoms with Crippen molar-refractivity contribution in [3.05, 3.63) is 125 Å². The van der Waals surface area contributed by atoms with E-state index in [0.717, 1.165) is 0 Å². The second-order valence-electron chi connectivity index (χ2n) is 5.44. The molecule has 4 rings (SSSR count). The van der Waals surface area contributed by atoms with E-state index in [2.05, 4.69) is 103 Å². The molecular formula is C20H16Fe2Si+4. The molecule has 0 spiro atoms. The third kappa shape index (κ3) is 3.70. The molecule has 0 saturated heterocycles. The standard InChI is InChI=1S/C20H16Si.2Fe/c1-2-10-17(9-1)21(18-11-3-4-12-18,19-13-5-6-14-19)20-15-7-8-16-20;;/h1-16H;;/q;2*+2. The van der Waals surface area contributed by atoms with Gasteiger partial charge in [0.25, 0.3) is 0 Å². The van der Waals surface area contributed by atoms with Crippen LogP contribution in [0.25, 0.3) is 0 Å². The van der Waals surface area contributed by atoms with Crippen LogP contribution in [0.2, 0.25) is 0 Å². The van der Waals surface area contributed by atoms with Crippen LogP contribution in [0.4, 0.5) is 0 Å². The van der Waals surface area contributed by atoms with Crippen LogP contribution in [-0.2, 0) is 34.1 Å². The summed E-state index contributed by atoms with van der Waals surface area (Å²) >= 11 is 0. The van der Waals surface area contributed by atoms with Crippen LogP contribution >= 0.6 is 0 Å². The largest absolute Gasteiger partial charge is 2.00 e. The molecule has 0 N–H and O–H groups in total. The number of hydrogen-bond donors (Lipinski definition) is 0. The summed E-state index contributed by atoms with van der Waals surface area (Å²) in [5.74, 6) is 0. The Hall–Kier alpha value is 1.26. The summed E-state index contributed by atoms with van der Waals surface area (Å²) in [6.45, 7) is 0. The average Bonchev–Trinajstić information content (AvgIpc) is 3.32. The second kappa shape index (κ2) is 9.27. The molecule has 3 heteroatoms. The first kappa shape index (κ1) is 20.6. The number of rotatable bonds is 4. The summed E-state index contributed by atoms with van der Waals surface area (Å²) in [5.41, 5.74) is 5.86. The van der Waals surface area contributed by atoms with Gasteiger partial charge in [0.1, 0.15) is 0 Å². The second-order valence-corrected chi connectivity index (χ2v) is 9.25. The van der Waals surface area contributed by atoms with Gasteiger partial charge in [-0.2, -0.15) is 0 Å². The Morgan fingerprint density at radius 2 is 0.522 bits per heavy atom. The molecule has 0 amide bonds. The molecule has 0 unspecified atom stereocenters. The minimum atomic E-state index is -2.09. The molecule has 0 aromatic carbocycles. The maximum Gasteiger partial charge on any atom is 2.00 e. The van der Waals surface area contributed by atoms with Crippen molar-refractivity contribution >= 4 is 8.07 Å². The fourth-order valence-electron chi connectivity index (χ4n) is 3.50. The summed E-state index contributed by atoms with van der Waals surface area (Å²) in [6, 6.07) is 0. The van der Waals surface area contributed by atoms with Gasteiger partial charge in [-0.05, 0) is 125 Å².